The number of hydrogen-bond donors (Lipinski definition) is 0. The minimum Gasteiger partial charge on any atom is -0.214 e. The van der Waals surface area contributed by atoms with Crippen LogP contribution in [0.5, 0.6) is 0 Å². The van der Waals surface area contributed by atoms with Gasteiger partial charge in [0.25, 0.3) is 0 Å². The average Bonchev–Trinajstić information content (AvgIpc) is 2.82. The topological polar surface area (TPSA) is 0 Å². The molecule has 0 spiro atoms. The van der Waals surface area contributed by atoms with E-state index in [4.69, 9.17) is 19.1 Å². The Balaban J connectivity index is 0.000000246. The van der Waals surface area contributed by atoms with E-state index < -0.39 is 14.7 Å². The van der Waals surface area contributed by atoms with Crippen LogP contribution >= 0.6 is 19.1 Å². The van der Waals surface area contributed by atoms with Crippen molar-refractivity contribution < 1.29 is 31.8 Å². The van der Waals surface area contributed by atoms with Gasteiger partial charge in [-0.3, -0.25) is 0 Å². The average molecular weight is 362 g/mol. The molecule has 0 radical (unpaired) electrons. The quantitative estimate of drug-likeness (QED) is 0.539. The molecule has 0 N–H and O–H groups in total. The molecule has 0 nitrogen and oxygen atoms in total. The van der Waals surface area contributed by atoms with Gasteiger partial charge in [0.05, 0.1) is 0 Å². The molecule has 0 heterocycles. The first-order valence-electron chi connectivity index (χ1n) is 3.64. The van der Waals surface area contributed by atoms with Gasteiger partial charge < -0.3 is 0 Å². The minimum atomic E-state index is -1.35. The Labute approximate surface area is 109 Å². The molecule has 0 amide bonds. The van der Waals surface area contributed by atoms with Gasteiger partial charge in [-0.15, -0.1) is 0 Å². The molecule has 0 aliphatic heterocycles. The summed E-state index contributed by atoms with van der Waals surface area (Å²) in [5.74, 6) is 0. The van der Waals surface area contributed by atoms with Crippen LogP contribution in [0, 0.1) is 0 Å². The van der Waals surface area contributed by atoms with Gasteiger partial charge in [-0.25, -0.2) is 12.1 Å². The summed E-state index contributed by atoms with van der Waals surface area (Å²) in [5.41, 5.74) is 0. The Bertz CT molecular complexity index is 273. The normalized spacial score (nSPS) is 9.43. The van der Waals surface area contributed by atoms with Crippen molar-refractivity contribution >= 4 is 23.1 Å². The molecule has 0 fully saturated rings. The van der Waals surface area contributed by atoms with E-state index in [0.717, 1.165) is 4.04 Å². The summed E-state index contributed by atoms with van der Waals surface area (Å²) in [7, 11) is 11.3. The Morgan fingerprint density at radius 1 is 0.929 bits per heavy atom. The molecular weight excluding hydrogens is 353 g/mol. The maximum absolute atomic E-state index is 5.63. The van der Waals surface area contributed by atoms with Gasteiger partial charge in [-0.1, -0.05) is 0 Å². The van der Waals surface area contributed by atoms with Gasteiger partial charge in [-0.05, 0) is 0 Å². The summed E-state index contributed by atoms with van der Waals surface area (Å²) in [6, 6.07) is 17.8. The van der Waals surface area contributed by atoms with Gasteiger partial charge in [0.2, 0.25) is 0 Å². The van der Waals surface area contributed by atoms with Crippen LogP contribution in [0.4, 0.5) is 0 Å². The van der Waals surface area contributed by atoms with E-state index in [1.54, 1.807) is 0 Å². The molecule has 0 aliphatic carbocycles. The summed E-state index contributed by atoms with van der Waals surface area (Å²) in [6.07, 6.45) is 0. The van der Waals surface area contributed by atoms with Crippen molar-refractivity contribution in [2.45, 2.75) is 0 Å². The third-order valence-corrected chi connectivity index (χ3v) is 4.12. The SMILES string of the molecule is [Cl][Pd-]([Cl])[c-]1cccc1.[Fe+2].c1cc[cH-]c1. The van der Waals surface area contributed by atoms with Crippen molar-refractivity contribution in [2.24, 2.45) is 0 Å². The minimum absolute atomic E-state index is 0. The van der Waals surface area contributed by atoms with Gasteiger partial charge >= 0.3 is 79.1 Å². The number of halogens is 2. The molecule has 2 aromatic carbocycles. The summed E-state index contributed by atoms with van der Waals surface area (Å²) in [5, 5.41) is 0. The van der Waals surface area contributed by atoms with Crippen LogP contribution in [0.1, 0.15) is 0 Å². The van der Waals surface area contributed by atoms with Gasteiger partial charge in [-0.2, -0.15) is 18.2 Å². The number of hydrogen-bond acceptors (Lipinski definition) is 0. The second-order valence-corrected chi connectivity index (χ2v) is 7.45. The summed E-state index contributed by atoms with van der Waals surface area (Å²) >= 11 is -1.35. The molecular formula is C10H9Cl2FePd-. The Morgan fingerprint density at radius 3 is 1.64 bits per heavy atom. The summed E-state index contributed by atoms with van der Waals surface area (Å²) < 4.78 is 1.08. The predicted octanol–water partition coefficient (Wildman–Crippen LogP) is 3.36. The molecule has 0 bridgehead atoms. The van der Waals surface area contributed by atoms with E-state index in [9.17, 15) is 0 Å². The largest absolute Gasteiger partial charge is 2.00 e. The Morgan fingerprint density at radius 2 is 1.43 bits per heavy atom. The maximum Gasteiger partial charge on any atom is 2.00 e. The molecule has 0 saturated heterocycles. The summed E-state index contributed by atoms with van der Waals surface area (Å²) in [4.78, 5) is 0. The van der Waals surface area contributed by atoms with E-state index in [2.05, 4.69) is 0 Å². The third-order valence-electron chi connectivity index (χ3n) is 1.29. The molecule has 2 rings (SSSR count). The van der Waals surface area contributed by atoms with Crippen LogP contribution in [0.3, 0.4) is 0 Å². The molecule has 0 aliphatic rings. The fourth-order valence-corrected chi connectivity index (χ4v) is 2.37. The zero-order valence-corrected chi connectivity index (χ0v) is 11.3. The van der Waals surface area contributed by atoms with Crippen molar-refractivity contribution in [2.75, 3.05) is 0 Å². The Kier molecular flexibility index (Phi) is 9.03. The maximum atomic E-state index is 5.63. The van der Waals surface area contributed by atoms with Crippen molar-refractivity contribution in [3.63, 3.8) is 0 Å². The van der Waals surface area contributed by atoms with Crippen molar-refractivity contribution in [3.8, 4) is 0 Å². The van der Waals surface area contributed by atoms with Crippen LogP contribution in [-0.2, 0) is 31.8 Å². The molecule has 0 saturated carbocycles. The molecule has 0 unspecified atom stereocenters. The van der Waals surface area contributed by atoms with Crippen LogP contribution in [-0.4, -0.2) is 0 Å². The smallest absolute Gasteiger partial charge is 0.214 e. The van der Waals surface area contributed by atoms with E-state index in [1.165, 1.54) is 0 Å². The fourth-order valence-electron chi connectivity index (χ4n) is 0.739. The van der Waals surface area contributed by atoms with E-state index in [0.29, 0.717) is 0 Å². The Hall–Kier alpha value is 0.462. The van der Waals surface area contributed by atoms with Crippen LogP contribution in [0.15, 0.2) is 54.6 Å². The first-order chi connectivity index (χ1) is 6.30. The molecule has 82 valence electrons. The molecule has 2 aromatic rings. The van der Waals surface area contributed by atoms with Crippen LogP contribution in [0.2, 0.25) is 0 Å². The van der Waals surface area contributed by atoms with Gasteiger partial charge in [0.15, 0.2) is 0 Å². The molecule has 4 heteroatoms. The van der Waals surface area contributed by atoms with Crippen molar-refractivity contribution in [3.05, 3.63) is 54.6 Å². The fraction of sp³-hybridized carbons (Fsp3) is 0. The van der Waals surface area contributed by atoms with E-state index in [-0.39, 0.29) is 17.1 Å². The van der Waals surface area contributed by atoms with Crippen LogP contribution < -0.4 is 4.04 Å². The van der Waals surface area contributed by atoms with Crippen LogP contribution in [0.25, 0.3) is 0 Å². The summed E-state index contributed by atoms with van der Waals surface area (Å²) in [6.45, 7) is 0. The van der Waals surface area contributed by atoms with Gasteiger partial charge in [0, 0.05) is 0 Å². The first kappa shape index (κ1) is 14.5. The first-order valence-corrected chi connectivity index (χ1v) is 8.42. The second-order valence-electron chi connectivity index (χ2n) is 2.19. The van der Waals surface area contributed by atoms with Crippen molar-refractivity contribution in [1.29, 1.82) is 0 Å². The predicted molar refractivity (Wildman–Crippen MR) is 55.4 cm³/mol. The van der Waals surface area contributed by atoms with Gasteiger partial charge in [0.1, 0.15) is 0 Å². The standard InChI is InChI=1S/C5H5.C5H4.2ClH.Fe.Pd/c2*1-2-4-5-3-1;;;;/h1-5H;1-4H;2*1H;;/q2*-1;;;+2;+1/p-2. The zero-order chi connectivity index (χ0) is 9.52. The monoisotopic (exact) mass is 361 g/mol. The zero-order valence-electron chi connectivity index (χ0n) is 7.12. The van der Waals surface area contributed by atoms with E-state index >= 15 is 0 Å². The van der Waals surface area contributed by atoms with Crippen molar-refractivity contribution in [1.82, 2.24) is 0 Å². The molecule has 0 atom stereocenters. The second kappa shape index (κ2) is 8.74. The van der Waals surface area contributed by atoms with E-state index in [1.807, 2.05) is 54.6 Å². The number of rotatable bonds is 1. The third kappa shape index (κ3) is 6.04. The molecule has 14 heavy (non-hydrogen) atoms. The molecule has 0 aromatic heterocycles.